The van der Waals surface area contributed by atoms with Crippen LogP contribution in [0.15, 0.2) is 28.7 Å². The van der Waals surface area contributed by atoms with Crippen molar-refractivity contribution in [2.75, 3.05) is 13.7 Å². The van der Waals surface area contributed by atoms with Crippen molar-refractivity contribution < 1.29 is 23.4 Å². The molecule has 0 aliphatic carbocycles. The zero-order valence-corrected chi connectivity index (χ0v) is 12.3. The van der Waals surface area contributed by atoms with Crippen molar-refractivity contribution >= 4 is 16.9 Å². The number of carbonyl (C=O) groups excluding carboxylic acids is 1. The van der Waals surface area contributed by atoms with Gasteiger partial charge in [-0.05, 0) is 18.9 Å². The molecule has 1 aromatic carbocycles. The summed E-state index contributed by atoms with van der Waals surface area (Å²) in [5.41, 5.74) is 0.470. The van der Waals surface area contributed by atoms with E-state index in [1.807, 2.05) is 24.3 Å². The van der Waals surface area contributed by atoms with E-state index in [0.717, 1.165) is 29.4 Å². The van der Waals surface area contributed by atoms with Gasteiger partial charge in [-0.15, -0.1) is 0 Å². The van der Waals surface area contributed by atoms with E-state index in [4.69, 9.17) is 18.6 Å². The Bertz CT molecular complexity index is 793. The zero-order chi connectivity index (χ0) is 14.9. The summed E-state index contributed by atoms with van der Waals surface area (Å²) in [5.74, 6) is -0.487. The summed E-state index contributed by atoms with van der Waals surface area (Å²) in [6, 6.07) is 7.73. The van der Waals surface area contributed by atoms with Gasteiger partial charge in [-0.1, -0.05) is 18.2 Å². The Morgan fingerprint density at radius 1 is 1.36 bits per heavy atom. The number of hydrogen-bond acceptors (Lipinski definition) is 5. The number of esters is 1. The summed E-state index contributed by atoms with van der Waals surface area (Å²) in [6.07, 6.45) is 2.54. The highest BCUT2D eigenvalue weighted by Crippen LogP contribution is 2.66. The van der Waals surface area contributed by atoms with Crippen molar-refractivity contribution in [2.45, 2.75) is 30.7 Å². The van der Waals surface area contributed by atoms with Gasteiger partial charge in [0, 0.05) is 17.7 Å². The molecular formula is C17H16O5. The summed E-state index contributed by atoms with van der Waals surface area (Å²) in [5, 5.41) is 0.910. The van der Waals surface area contributed by atoms with E-state index < -0.39 is 11.4 Å². The van der Waals surface area contributed by atoms with Gasteiger partial charge in [-0.3, -0.25) is 0 Å². The van der Waals surface area contributed by atoms with Crippen molar-refractivity contribution in [3.8, 4) is 0 Å². The van der Waals surface area contributed by atoms with Gasteiger partial charge in [-0.25, -0.2) is 4.79 Å². The molecule has 0 unspecified atom stereocenters. The first-order valence-corrected chi connectivity index (χ1v) is 7.66. The number of carbonyl (C=O) groups is 1. The average Bonchev–Trinajstić information content (AvgIpc) is 3.18. The molecule has 1 aromatic heterocycles. The molecule has 0 N–H and O–H groups in total. The summed E-state index contributed by atoms with van der Waals surface area (Å²) in [6.45, 7) is 0.615. The molecule has 22 heavy (non-hydrogen) atoms. The van der Waals surface area contributed by atoms with Crippen LogP contribution in [0.3, 0.4) is 0 Å². The molecule has 3 atom stereocenters. The normalized spacial score (nSPS) is 35.4. The van der Waals surface area contributed by atoms with Crippen LogP contribution in [0.4, 0.5) is 0 Å². The van der Waals surface area contributed by atoms with Crippen molar-refractivity contribution in [1.82, 2.24) is 0 Å². The Morgan fingerprint density at radius 3 is 3.09 bits per heavy atom. The summed E-state index contributed by atoms with van der Waals surface area (Å²) in [4.78, 5) is 12.6. The monoisotopic (exact) mass is 300 g/mol. The molecule has 0 saturated carbocycles. The van der Waals surface area contributed by atoms with Crippen LogP contribution in [0.25, 0.3) is 11.0 Å². The van der Waals surface area contributed by atoms with Crippen LogP contribution in [0, 0.1) is 5.92 Å². The molecule has 0 radical (unpaired) electrons. The maximum Gasteiger partial charge on any atom is 0.343 e. The Morgan fingerprint density at radius 2 is 2.23 bits per heavy atom. The summed E-state index contributed by atoms with van der Waals surface area (Å²) < 4.78 is 23.4. The van der Waals surface area contributed by atoms with Crippen LogP contribution in [-0.4, -0.2) is 19.7 Å². The Kier molecular flexibility index (Phi) is 2.25. The maximum absolute atomic E-state index is 12.6. The van der Waals surface area contributed by atoms with E-state index in [0.29, 0.717) is 18.8 Å². The zero-order valence-electron chi connectivity index (χ0n) is 12.3. The fourth-order valence-corrected chi connectivity index (χ4v) is 4.39. The molecule has 114 valence electrons. The van der Waals surface area contributed by atoms with Gasteiger partial charge in [-0.2, -0.15) is 0 Å². The highest BCUT2D eigenvalue weighted by atomic mass is 16.7. The predicted molar refractivity (Wildman–Crippen MR) is 76.0 cm³/mol. The van der Waals surface area contributed by atoms with Gasteiger partial charge < -0.3 is 18.6 Å². The molecule has 4 heterocycles. The fourth-order valence-electron chi connectivity index (χ4n) is 4.39. The third-order valence-electron chi connectivity index (χ3n) is 5.24. The second kappa shape index (κ2) is 3.91. The number of hydrogen-bond donors (Lipinski definition) is 0. The second-order valence-corrected chi connectivity index (χ2v) is 6.28. The minimum absolute atomic E-state index is 0.133. The maximum atomic E-state index is 12.6. The van der Waals surface area contributed by atoms with Gasteiger partial charge in [0.05, 0.1) is 19.3 Å². The van der Waals surface area contributed by atoms with Crippen LogP contribution in [-0.2, 0) is 30.4 Å². The average molecular weight is 300 g/mol. The number of methoxy groups -OCH3 is 1. The van der Waals surface area contributed by atoms with Gasteiger partial charge in [0.25, 0.3) is 0 Å². The molecule has 1 spiro atoms. The molecule has 5 rings (SSSR count). The lowest BCUT2D eigenvalue weighted by molar-refractivity contribution is -0.282. The summed E-state index contributed by atoms with van der Waals surface area (Å²) in [7, 11) is 1.40. The quantitative estimate of drug-likeness (QED) is 0.758. The molecule has 2 bridgehead atoms. The van der Waals surface area contributed by atoms with Crippen LogP contribution >= 0.6 is 0 Å². The highest BCUT2D eigenvalue weighted by Gasteiger charge is 2.72. The van der Waals surface area contributed by atoms with E-state index in [1.54, 1.807) is 0 Å². The van der Waals surface area contributed by atoms with Gasteiger partial charge >= 0.3 is 5.97 Å². The van der Waals surface area contributed by atoms with Gasteiger partial charge in [0.1, 0.15) is 5.58 Å². The molecule has 2 saturated heterocycles. The number of furan rings is 1. The lowest BCUT2D eigenvalue weighted by atomic mass is 9.74. The first kappa shape index (κ1) is 12.7. The first-order chi connectivity index (χ1) is 10.7. The fraction of sp³-hybridized carbons (Fsp3) is 0.471. The van der Waals surface area contributed by atoms with Crippen molar-refractivity contribution in [3.63, 3.8) is 0 Å². The van der Waals surface area contributed by atoms with Gasteiger partial charge in [0.15, 0.2) is 11.4 Å². The minimum atomic E-state index is -1.09. The third-order valence-corrected chi connectivity index (χ3v) is 5.24. The van der Waals surface area contributed by atoms with E-state index in [-0.39, 0.29) is 11.9 Å². The molecular weight excluding hydrogens is 284 g/mol. The Balaban J connectivity index is 1.85. The first-order valence-electron chi connectivity index (χ1n) is 7.66. The van der Waals surface area contributed by atoms with Crippen molar-refractivity contribution in [1.29, 1.82) is 0 Å². The molecule has 2 fully saturated rings. The molecule has 0 amide bonds. The van der Waals surface area contributed by atoms with E-state index in [1.165, 1.54) is 7.11 Å². The predicted octanol–water partition coefficient (Wildman–Crippen LogP) is 2.81. The highest BCUT2D eigenvalue weighted by molar-refractivity contribution is 5.93. The van der Waals surface area contributed by atoms with Crippen LogP contribution in [0.2, 0.25) is 0 Å². The molecule has 2 aromatic rings. The molecule has 5 nitrogen and oxygen atoms in total. The second-order valence-electron chi connectivity index (χ2n) is 6.28. The lowest BCUT2D eigenvalue weighted by Crippen LogP contribution is -2.38. The summed E-state index contributed by atoms with van der Waals surface area (Å²) >= 11 is 0. The molecule has 3 aliphatic heterocycles. The van der Waals surface area contributed by atoms with Crippen LogP contribution in [0.5, 0.6) is 0 Å². The smallest absolute Gasteiger partial charge is 0.343 e. The van der Waals surface area contributed by atoms with E-state index >= 15 is 0 Å². The lowest BCUT2D eigenvalue weighted by Gasteiger charge is -2.35. The number of para-hydroxylation sites is 1. The number of ether oxygens (including phenoxy) is 3. The van der Waals surface area contributed by atoms with Gasteiger partial charge in [0.2, 0.25) is 5.79 Å². The number of rotatable bonds is 1. The Hall–Kier alpha value is -1.85. The minimum Gasteiger partial charge on any atom is -0.467 e. The third kappa shape index (κ3) is 1.22. The van der Waals surface area contributed by atoms with E-state index in [2.05, 4.69) is 0 Å². The standard InChI is InChI=1S/C17H16O5/c1-19-15(18)16-9-10-5-4-8-20-17(10,22-16)14-13(16)11-6-2-3-7-12(11)21-14/h2-3,6-7,10H,4-5,8-9H2,1H3/t10-,16+,17-/m1/s1. The van der Waals surface area contributed by atoms with Crippen molar-refractivity contribution in [2.24, 2.45) is 5.92 Å². The van der Waals surface area contributed by atoms with Crippen LogP contribution in [0.1, 0.15) is 30.6 Å². The SMILES string of the molecule is COC(=O)[C@@]12C[C@H]3CCCO[C@]3(O1)c1oc3ccccc3c12. The van der Waals surface area contributed by atoms with Crippen molar-refractivity contribution in [3.05, 3.63) is 35.6 Å². The van der Waals surface area contributed by atoms with Crippen LogP contribution < -0.4 is 0 Å². The van der Waals surface area contributed by atoms with E-state index in [9.17, 15) is 4.79 Å². The molecule has 5 heteroatoms. The Labute approximate surface area is 127 Å². The number of fused-ring (bicyclic) bond motifs is 5. The topological polar surface area (TPSA) is 57.9 Å². The number of benzene rings is 1. The largest absolute Gasteiger partial charge is 0.467 e. The molecule has 3 aliphatic rings.